The molecule has 0 aromatic carbocycles. The van der Waals surface area contributed by atoms with E-state index >= 15 is 0 Å². The fourth-order valence-electron chi connectivity index (χ4n) is 1.60. The highest BCUT2D eigenvalue weighted by Crippen LogP contribution is 2.35. The van der Waals surface area contributed by atoms with Crippen molar-refractivity contribution in [2.75, 3.05) is 26.9 Å². The van der Waals surface area contributed by atoms with Gasteiger partial charge in [-0.3, -0.25) is 0 Å². The van der Waals surface area contributed by atoms with Gasteiger partial charge in [0.1, 0.15) is 26.2 Å². The van der Waals surface area contributed by atoms with Crippen molar-refractivity contribution in [1.82, 2.24) is 0 Å². The van der Waals surface area contributed by atoms with Crippen LogP contribution in [0.15, 0.2) is 0 Å². The van der Waals surface area contributed by atoms with Crippen molar-refractivity contribution >= 4 is 16.4 Å². The van der Waals surface area contributed by atoms with E-state index in [0.29, 0.717) is 6.61 Å². The summed E-state index contributed by atoms with van der Waals surface area (Å²) in [4.78, 5) is 17.7. The molecule has 1 heterocycles. The predicted molar refractivity (Wildman–Crippen MR) is 59.3 cm³/mol. The van der Waals surface area contributed by atoms with E-state index in [9.17, 15) is 0 Å². The van der Waals surface area contributed by atoms with Gasteiger partial charge in [0.25, 0.3) is 0 Å². The van der Waals surface area contributed by atoms with Gasteiger partial charge < -0.3 is 33.6 Å². The van der Waals surface area contributed by atoms with Crippen LogP contribution in [-0.4, -0.2) is 74.0 Å². The van der Waals surface area contributed by atoms with Crippen LogP contribution in [0.5, 0.6) is 0 Å². The number of aliphatic hydroxyl groups is 1. The summed E-state index contributed by atoms with van der Waals surface area (Å²) in [7, 11) is 4.62. The van der Waals surface area contributed by atoms with E-state index in [2.05, 4.69) is 0 Å². The summed E-state index contributed by atoms with van der Waals surface area (Å²) in [5, 5.41) is 9.06. The van der Waals surface area contributed by atoms with Gasteiger partial charge in [0.2, 0.25) is 0 Å². The Morgan fingerprint density at radius 2 is 2.00 bits per heavy atom. The Balaban J connectivity index is 2.55. The molecule has 0 aromatic heterocycles. The number of hydrogen-bond acceptors (Lipinski definition) is 7. The molecule has 0 saturated carbocycles. The van der Waals surface area contributed by atoms with E-state index in [1.807, 2.05) is 0 Å². The SMILES string of the molecule is [B]C1OC(CO)C(OP(O)O)C1OCCOC. The highest BCUT2D eigenvalue weighted by Gasteiger charge is 2.44. The molecule has 2 radical (unpaired) electrons. The van der Waals surface area contributed by atoms with Crippen molar-refractivity contribution < 1.29 is 33.6 Å². The number of rotatable bonds is 7. The Hall–Kier alpha value is 0.215. The maximum Gasteiger partial charge on any atom is 0.327 e. The van der Waals surface area contributed by atoms with Crippen LogP contribution in [0.1, 0.15) is 0 Å². The average Bonchev–Trinajstić information content (AvgIpc) is 2.56. The first-order valence-corrected chi connectivity index (χ1v) is 6.23. The zero-order chi connectivity index (χ0) is 12.8. The van der Waals surface area contributed by atoms with Crippen molar-refractivity contribution in [3.05, 3.63) is 0 Å². The molecule has 98 valence electrons. The van der Waals surface area contributed by atoms with Crippen LogP contribution < -0.4 is 0 Å². The zero-order valence-electron chi connectivity index (χ0n) is 9.43. The molecule has 3 N–H and O–H groups in total. The van der Waals surface area contributed by atoms with Gasteiger partial charge >= 0.3 is 8.60 Å². The molecule has 0 aliphatic carbocycles. The van der Waals surface area contributed by atoms with E-state index in [1.54, 1.807) is 0 Å². The van der Waals surface area contributed by atoms with Crippen LogP contribution in [0.25, 0.3) is 0 Å². The summed E-state index contributed by atoms with van der Waals surface area (Å²) in [5.41, 5.74) is 0. The van der Waals surface area contributed by atoms with Crippen molar-refractivity contribution in [3.8, 4) is 0 Å². The Kier molecular flexibility index (Phi) is 6.83. The van der Waals surface area contributed by atoms with Gasteiger partial charge in [-0.05, 0) is 0 Å². The lowest BCUT2D eigenvalue weighted by atomic mass is 9.93. The third-order valence-corrected chi connectivity index (χ3v) is 2.77. The van der Waals surface area contributed by atoms with E-state index in [1.165, 1.54) is 7.11 Å². The van der Waals surface area contributed by atoms with Crippen LogP contribution in [-0.2, 0) is 18.7 Å². The van der Waals surface area contributed by atoms with Crippen molar-refractivity contribution in [3.63, 3.8) is 0 Å². The van der Waals surface area contributed by atoms with Gasteiger partial charge in [-0.2, -0.15) is 0 Å². The van der Waals surface area contributed by atoms with Gasteiger partial charge in [0.05, 0.1) is 19.8 Å². The van der Waals surface area contributed by atoms with E-state index in [0.717, 1.165) is 0 Å². The second-order valence-electron chi connectivity index (χ2n) is 3.47. The maximum absolute atomic E-state index is 9.06. The van der Waals surface area contributed by atoms with Crippen molar-refractivity contribution in [1.29, 1.82) is 0 Å². The summed E-state index contributed by atoms with van der Waals surface area (Å²) < 4.78 is 20.3. The largest absolute Gasteiger partial charge is 0.394 e. The normalized spacial score (nSPS) is 33.5. The predicted octanol–water partition coefficient (Wildman–Crippen LogP) is -1.50. The monoisotopic (exact) mass is 266 g/mol. The van der Waals surface area contributed by atoms with Crippen molar-refractivity contribution in [2.24, 2.45) is 0 Å². The first kappa shape index (κ1) is 15.3. The van der Waals surface area contributed by atoms with Crippen LogP contribution in [0.2, 0.25) is 0 Å². The van der Waals surface area contributed by atoms with E-state index in [4.69, 9.17) is 41.5 Å². The van der Waals surface area contributed by atoms with Gasteiger partial charge in [-0.15, -0.1) is 0 Å². The molecule has 0 amide bonds. The second-order valence-corrected chi connectivity index (χ2v) is 4.19. The lowest BCUT2D eigenvalue weighted by molar-refractivity contribution is -0.0348. The smallest absolute Gasteiger partial charge is 0.327 e. The molecule has 1 rings (SSSR count). The first-order chi connectivity index (χ1) is 8.10. The molecule has 0 spiro atoms. The quantitative estimate of drug-likeness (QED) is 0.293. The van der Waals surface area contributed by atoms with Crippen LogP contribution in [0.3, 0.4) is 0 Å². The first-order valence-electron chi connectivity index (χ1n) is 5.07. The molecule has 1 aliphatic heterocycles. The zero-order valence-corrected chi connectivity index (χ0v) is 10.3. The molecule has 1 aliphatic rings. The molecule has 0 bridgehead atoms. The Morgan fingerprint density at radius 3 is 2.53 bits per heavy atom. The number of ether oxygens (including phenoxy) is 3. The number of hydrogen-bond donors (Lipinski definition) is 3. The van der Waals surface area contributed by atoms with Gasteiger partial charge in [-0.25, -0.2) is 0 Å². The molecule has 4 unspecified atom stereocenters. The fourth-order valence-corrected chi connectivity index (χ4v) is 2.07. The topological polar surface area (TPSA) is 97.6 Å². The lowest BCUT2D eigenvalue weighted by Gasteiger charge is -2.23. The van der Waals surface area contributed by atoms with Gasteiger partial charge in [0, 0.05) is 13.1 Å². The minimum atomic E-state index is -2.57. The molecule has 1 saturated heterocycles. The summed E-state index contributed by atoms with van der Waals surface area (Å²) in [5.74, 6) is 0. The van der Waals surface area contributed by atoms with Crippen LogP contribution in [0, 0.1) is 0 Å². The van der Waals surface area contributed by atoms with E-state index < -0.39 is 32.9 Å². The Bertz CT molecular complexity index is 220. The minimum absolute atomic E-state index is 0.269. The van der Waals surface area contributed by atoms with Gasteiger partial charge in [-0.1, -0.05) is 0 Å². The average molecular weight is 266 g/mol. The summed E-state index contributed by atoms with van der Waals surface area (Å²) in [6.45, 7) is 0.295. The van der Waals surface area contributed by atoms with Crippen LogP contribution in [0.4, 0.5) is 0 Å². The molecule has 4 atom stereocenters. The molecule has 0 aromatic rings. The second kappa shape index (κ2) is 7.61. The summed E-state index contributed by atoms with van der Waals surface area (Å²) >= 11 is 0. The molecule has 1 fully saturated rings. The summed E-state index contributed by atoms with van der Waals surface area (Å²) in [6.07, 6.45) is -2.22. The summed E-state index contributed by atoms with van der Waals surface area (Å²) in [6, 6.07) is -0.788. The highest BCUT2D eigenvalue weighted by molar-refractivity contribution is 7.39. The molecule has 7 nitrogen and oxygen atoms in total. The maximum atomic E-state index is 9.06. The molecule has 17 heavy (non-hydrogen) atoms. The molecular formula is C8H16BO7P. The standard InChI is InChI=1S/C8H16BO7P/c1-13-2-3-14-7-6(16-17(11)12)5(4-10)15-8(7)9/h5-8,10-12H,2-4H2,1H3. The van der Waals surface area contributed by atoms with Gasteiger partial charge in [0.15, 0.2) is 0 Å². The molecule has 9 heteroatoms. The Morgan fingerprint density at radius 1 is 1.29 bits per heavy atom. The fraction of sp³-hybridized carbons (Fsp3) is 1.00. The van der Waals surface area contributed by atoms with Crippen molar-refractivity contribution in [2.45, 2.75) is 24.3 Å². The molecular weight excluding hydrogens is 250 g/mol. The Labute approximate surface area is 102 Å². The number of methoxy groups -OCH3 is 1. The minimum Gasteiger partial charge on any atom is -0.394 e. The lowest BCUT2D eigenvalue weighted by Crippen LogP contribution is -2.38. The third-order valence-electron chi connectivity index (χ3n) is 2.34. The van der Waals surface area contributed by atoms with E-state index in [-0.39, 0.29) is 13.2 Å². The number of aliphatic hydroxyl groups excluding tert-OH is 1. The highest BCUT2D eigenvalue weighted by atomic mass is 31.2. The third kappa shape index (κ3) is 4.42. The van der Waals surface area contributed by atoms with Crippen LogP contribution >= 0.6 is 8.60 Å².